The summed E-state index contributed by atoms with van der Waals surface area (Å²) in [5, 5.41) is 21.6. The second-order valence-electron chi connectivity index (χ2n) is 4.14. The Morgan fingerprint density at radius 2 is 2.24 bits per heavy atom. The summed E-state index contributed by atoms with van der Waals surface area (Å²) in [7, 11) is 0. The minimum atomic E-state index is -0.683. The Balaban J connectivity index is 2.51. The Morgan fingerprint density at radius 3 is 2.94 bits per heavy atom. The van der Waals surface area contributed by atoms with Gasteiger partial charge in [0.25, 0.3) is 0 Å². The topological polar surface area (TPSA) is 56.0 Å². The smallest absolute Gasteiger partial charge is 0.0920 e. The van der Waals surface area contributed by atoms with Gasteiger partial charge in [-0.05, 0) is 24.1 Å². The maximum Gasteiger partial charge on any atom is 0.0920 e. The van der Waals surface area contributed by atoms with E-state index >= 15 is 0 Å². The summed E-state index contributed by atoms with van der Waals surface area (Å²) in [5.41, 5.74) is 1.81. The van der Waals surface area contributed by atoms with Crippen LogP contribution in [0.15, 0.2) is 24.3 Å². The van der Waals surface area contributed by atoms with Crippen LogP contribution in [0.1, 0.15) is 44.3 Å². The molecule has 0 aliphatic rings. The third kappa shape index (κ3) is 4.88. The number of aliphatic hydroxyl groups excluding tert-OH is 1. The molecule has 0 bridgehead atoms. The van der Waals surface area contributed by atoms with E-state index in [1.54, 1.807) is 0 Å². The van der Waals surface area contributed by atoms with E-state index in [0.717, 1.165) is 24.2 Å². The molecule has 1 unspecified atom stereocenters. The van der Waals surface area contributed by atoms with Crippen molar-refractivity contribution in [2.24, 2.45) is 0 Å². The lowest BCUT2D eigenvalue weighted by Crippen LogP contribution is -2.03. The molecule has 0 spiro atoms. The number of hydrogen-bond donors (Lipinski definition) is 2. The van der Waals surface area contributed by atoms with Crippen molar-refractivity contribution < 1.29 is 5.11 Å². The normalized spacial score (nSPS) is 11.8. The van der Waals surface area contributed by atoms with E-state index in [2.05, 4.69) is 12.2 Å². The molecule has 17 heavy (non-hydrogen) atoms. The summed E-state index contributed by atoms with van der Waals surface area (Å²) in [4.78, 5) is 0. The first-order valence-corrected chi connectivity index (χ1v) is 6.16. The molecule has 0 saturated carbocycles. The molecule has 3 nitrogen and oxygen atoms in total. The van der Waals surface area contributed by atoms with Crippen LogP contribution in [0.3, 0.4) is 0 Å². The summed E-state index contributed by atoms with van der Waals surface area (Å²) >= 11 is 0. The fraction of sp³-hybridized carbons (Fsp3) is 0.500. The molecule has 1 rings (SSSR count). The maximum absolute atomic E-state index is 9.70. The minimum Gasteiger partial charge on any atom is -0.387 e. The highest BCUT2D eigenvalue weighted by Gasteiger charge is 2.06. The van der Waals surface area contributed by atoms with Crippen molar-refractivity contribution in [3.8, 4) is 6.07 Å². The lowest BCUT2D eigenvalue weighted by Gasteiger charge is -2.10. The predicted molar refractivity (Wildman–Crippen MR) is 69.6 cm³/mol. The van der Waals surface area contributed by atoms with Gasteiger partial charge < -0.3 is 10.4 Å². The van der Waals surface area contributed by atoms with Crippen LogP contribution in [0.5, 0.6) is 0 Å². The Labute approximate surface area is 103 Å². The van der Waals surface area contributed by atoms with Gasteiger partial charge in [0.1, 0.15) is 0 Å². The molecule has 0 saturated heterocycles. The summed E-state index contributed by atoms with van der Waals surface area (Å²) in [6, 6.07) is 9.61. The van der Waals surface area contributed by atoms with Gasteiger partial charge >= 0.3 is 0 Å². The van der Waals surface area contributed by atoms with Crippen LogP contribution in [0.4, 0.5) is 5.69 Å². The predicted octanol–water partition coefficient (Wildman–Crippen LogP) is 3.24. The molecule has 0 aliphatic carbocycles. The highest BCUT2D eigenvalue weighted by molar-refractivity contribution is 5.46. The van der Waals surface area contributed by atoms with E-state index in [1.165, 1.54) is 12.8 Å². The van der Waals surface area contributed by atoms with Crippen LogP contribution in [0.2, 0.25) is 0 Å². The van der Waals surface area contributed by atoms with Gasteiger partial charge in [-0.2, -0.15) is 5.26 Å². The van der Waals surface area contributed by atoms with Crippen LogP contribution in [0, 0.1) is 11.3 Å². The van der Waals surface area contributed by atoms with Crippen molar-refractivity contribution in [2.45, 2.75) is 38.7 Å². The molecule has 0 aromatic heterocycles. The van der Waals surface area contributed by atoms with Gasteiger partial charge in [-0.15, -0.1) is 0 Å². The zero-order chi connectivity index (χ0) is 12.5. The second-order valence-corrected chi connectivity index (χ2v) is 4.14. The van der Waals surface area contributed by atoms with Gasteiger partial charge in [-0.1, -0.05) is 31.9 Å². The van der Waals surface area contributed by atoms with Gasteiger partial charge in [0.15, 0.2) is 0 Å². The molecule has 2 N–H and O–H groups in total. The number of hydrogen-bond acceptors (Lipinski definition) is 3. The first kappa shape index (κ1) is 13.5. The zero-order valence-electron chi connectivity index (χ0n) is 10.3. The number of rotatable bonds is 7. The number of aliphatic hydroxyl groups is 1. The molecule has 0 radical (unpaired) electrons. The number of anilines is 1. The van der Waals surface area contributed by atoms with Crippen LogP contribution in [0.25, 0.3) is 0 Å². The van der Waals surface area contributed by atoms with E-state index in [1.807, 2.05) is 30.3 Å². The van der Waals surface area contributed by atoms with Crippen molar-refractivity contribution in [3.05, 3.63) is 29.8 Å². The van der Waals surface area contributed by atoms with Gasteiger partial charge in [0.05, 0.1) is 18.6 Å². The first-order valence-electron chi connectivity index (χ1n) is 6.16. The molecule has 1 atom stereocenters. The van der Waals surface area contributed by atoms with Crippen molar-refractivity contribution in [2.75, 3.05) is 11.9 Å². The van der Waals surface area contributed by atoms with Gasteiger partial charge in [-0.3, -0.25) is 0 Å². The van der Waals surface area contributed by atoms with Gasteiger partial charge in [-0.25, -0.2) is 0 Å². The molecule has 92 valence electrons. The Hall–Kier alpha value is -1.53. The van der Waals surface area contributed by atoms with E-state index < -0.39 is 6.10 Å². The zero-order valence-corrected chi connectivity index (χ0v) is 10.3. The molecule has 0 aliphatic heterocycles. The molecule has 0 amide bonds. The molecule has 0 fully saturated rings. The number of nitriles is 1. The Bertz CT molecular complexity index is 371. The summed E-state index contributed by atoms with van der Waals surface area (Å²) in [5.74, 6) is 0. The van der Waals surface area contributed by atoms with Crippen molar-refractivity contribution in [1.29, 1.82) is 5.26 Å². The SMILES string of the molecule is CCCCCNc1cccc(C(O)CC#N)c1. The number of nitrogens with one attached hydrogen (secondary N) is 1. The van der Waals surface area contributed by atoms with Gasteiger partial charge in [0, 0.05) is 12.2 Å². The van der Waals surface area contributed by atoms with Crippen molar-refractivity contribution >= 4 is 5.69 Å². The number of nitrogens with zero attached hydrogens (tertiary/aromatic N) is 1. The fourth-order valence-corrected chi connectivity index (χ4v) is 1.67. The molecular weight excluding hydrogens is 212 g/mol. The summed E-state index contributed by atoms with van der Waals surface area (Å²) < 4.78 is 0. The highest BCUT2D eigenvalue weighted by atomic mass is 16.3. The van der Waals surface area contributed by atoms with E-state index in [9.17, 15) is 5.11 Å². The first-order chi connectivity index (χ1) is 8.27. The average Bonchev–Trinajstić information content (AvgIpc) is 2.35. The quantitative estimate of drug-likeness (QED) is 0.709. The lowest BCUT2D eigenvalue weighted by molar-refractivity contribution is 0.183. The minimum absolute atomic E-state index is 0.138. The highest BCUT2D eigenvalue weighted by Crippen LogP contribution is 2.19. The fourth-order valence-electron chi connectivity index (χ4n) is 1.67. The van der Waals surface area contributed by atoms with Crippen LogP contribution < -0.4 is 5.32 Å². The third-order valence-corrected chi connectivity index (χ3v) is 2.67. The molecule has 1 aromatic carbocycles. The second kappa shape index (κ2) is 7.70. The van der Waals surface area contributed by atoms with E-state index in [-0.39, 0.29) is 6.42 Å². The molecule has 3 heteroatoms. The average molecular weight is 232 g/mol. The van der Waals surface area contributed by atoms with E-state index in [0.29, 0.717) is 0 Å². The van der Waals surface area contributed by atoms with Crippen molar-refractivity contribution in [1.82, 2.24) is 0 Å². The van der Waals surface area contributed by atoms with Crippen LogP contribution in [-0.4, -0.2) is 11.7 Å². The standard InChI is InChI=1S/C14H20N2O/c1-2-3-4-10-16-13-7-5-6-12(11-13)14(17)8-9-15/h5-7,11,14,16-17H,2-4,8,10H2,1H3. The molecule has 1 aromatic rings. The Morgan fingerprint density at radius 1 is 1.41 bits per heavy atom. The maximum atomic E-state index is 9.70. The molecule has 0 heterocycles. The van der Waals surface area contributed by atoms with Crippen molar-refractivity contribution in [3.63, 3.8) is 0 Å². The number of unbranched alkanes of at least 4 members (excludes halogenated alkanes) is 2. The summed E-state index contributed by atoms with van der Waals surface area (Å²) in [6.07, 6.45) is 3.05. The number of benzene rings is 1. The van der Waals surface area contributed by atoms with Gasteiger partial charge in [0.2, 0.25) is 0 Å². The molecular formula is C14H20N2O. The summed E-state index contributed by atoms with van der Waals surface area (Å²) in [6.45, 7) is 3.13. The third-order valence-electron chi connectivity index (χ3n) is 2.67. The monoisotopic (exact) mass is 232 g/mol. The lowest BCUT2D eigenvalue weighted by atomic mass is 10.1. The Kier molecular flexibility index (Phi) is 6.13. The largest absolute Gasteiger partial charge is 0.387 e. The van der Waals surface area contributed by atoms with E-state index in [4.69, 9.17) is 5.26 Å². The van der Waals surface area contributed by atoms with Crippen LogP contribution in [-0.2, 0) is 0 Å². The van der Waals surface area contributed by atoms with Crippen LogP contribution >= 0.6 is 0 Å².